The highest BCUT2D eigenvalue weighted by molar-refractivity contribution is 6.02. The van der Waals surface area contributed by atoms with Crippen molar-refractivity contribution in [1.82, 2.24) is 15.1 Å². The Morgan fingerprint density at radius 1 is 1.31 bits per heavy atom. The summed E-state index contributed by atoms with van der Waals surface area (Å²) in [5.74, 6) is -7.25. The molecule has 39 heavy (non-hydrogen) atoms. The van der Waals surface area contributed by atoms with Crippen molar-refractivity contribution in [1.29, 1.82) is 5.26 Å². The Labute approximate surface area is 219 Å². The maximum Gasteiger partial charge on any atom is 0.471 e. The van der Waals surface area contributed by atoms with Crippen molar-refractivity contribution in [2.75, 3.05) is 18.9 Å². The maximum absolute atomic E-state index is 14.2. The van der Waals surface area contributed by atoms with Crippen LogP contribution >= 0.6 is 0 Å². The predicted octanol–water partition coefficient (Wildman–Crippen LogP) is 1.85. The summed E-state index contributed by atoms with van der Waals surface area (Å²) in [6.45, 7) is 0.553. The summed E-state index contributed by atoms with van der Waals surface area (Å²) in [6, 6.07) is -0.768. The molecule has 2 heterocycles. The Balaban J connectivity index is 1.57. The van der Waals surface area contributed by atoms with Crippen LogP contribution in [0.5, 0.6) is 5.75 Å². The van der Waals surface area contributed by atoms with E-state index >= 15 is 0 Å². The van der Waals surface area contributed by atoms with Crippen LogP contribution in [-0.2, 0) is 19.2 Å². The second kappa shape index (κ2) is 9.97. The average molecular weight is 557 g/mol. The quantitative estimate of drug-likeness (QED) is 0.514. The third kappa shape index (κ3) is 5.45. The van der Waals surface area contributed by atoms with Crippen molar-refractivity contribution in [3.8, 4) is 11.8 Å². The van der Waals surface area contributed by atoms with Gasteiger partial charge in [0.2, 0.25) is 17.4 Å². The van der Waals surface area contributed by atoms with Crippen LogP contribution in [0.4, 0.5) is 27.6 Å². The fourth-order valence-corrected chi connectivity index (χ4v) is 4.78. The van der Waals surface area contributed by atoms with E-state index in [-0.39, 0.29) is 24.5 Å². The van der Waals surface area contributed by atoms with Gasteiger partial charge >= 0.3 is 12.1 Å². The highest BCUT2D eigenvalue weighted by atomic mass is 19.4. The number of hydrogen-bond donors (Lipinski definition) is 2. The number of likely N-dealkylation sites (tertiary alicyclic amines) is 1. The van der Waals surface area contributed by atoms with Gasteiger partial charge in [-0.1, -0.05) is 12.8 Å². The van der Waals surface area contributed by atoms with Crippen LogP contribution in [0.2, 0.25) is 0 Å². The lowest BCUT2D eigenvalue weighted by Crippen LogP contribution is -2.57. The van der Waals surface area contributed by atoms with E-state index in [4.69, 9.17) is 4.74 Å². The maximum atomic E-state index is 14.2. The molecule has 1 saturated heterocycles. The molecule has 1 aromatic rings. The Bertz CT molecular complexity index is 1260. The summed E-state index contributed by atoms with van der Waals surface area (Å²) < 4.78 is 71.6. The molecule has 10 nitrogen and oxygen atoms in total. The lowest BCUT2D eigenvalue weighted by molar-refractivity contribution is -0.175. The molecular weight excluding hydrogens is 533 g/mol. The van der Waals surface area contributed by atoms with Gasteiger partial charge in [0.25, 0.3) is 5.91 Å². The Morgan fingerprint density at radius 3 is 2.56 bits per heavy atom. The van der Waals surface area contributed by atoms with Gasteiger partial charge < -0.3 is 25.2 Å². The molecule has 0 aromatic heterocycles. The van der Waals surface area contributed by atoms with Crippen LogP contribution in [0.15, 0.2) is 12.1 Å². The van der Waals surface area contributed by atoms with E-state index in [1.165, 1.54) is 7.05 Å². The van der Waals surface area contributed by atoms with E-state index in [9.17, 15) is 46.4 Å². The van der Waals surface area contributed by atoms with Gasteiger partial charge in [-0.05, 0) is 19.3 Å². The summed E-state index contributed by atoms with van der Waals surface area (Å²) >= 11 is 0. The first-order chi connectivity index (χ1) is 18.2. The summed E-state index contributed by atoms with van der Waals surface area (Å²) in [4.78, 5) is 52.9. The first-order valence-corrected chi connectivity index (χ1v) is 12.0. The number of alkyl halides is 3. The van der Waals surface area contributed by atoms with Crippen molar-refractivity contribution < 1.29 is 45.9 Å². The Morgan fingerprint density at radius 2 is 1.97 bits per heavy atom. The van der Waals surface area contributed by atoms with Crippen molar-refractivity contribution in [2.24, 2.45) is 5.92 Å². The van der Waals surface area contributed by atoms with Crippen LogP contribution in [-0.4, -0.2) is 76.9 Å². The third-order valence-corrected chi connectivity index (χ3v) is 7.06. The molecular formula is C24H24F5N5O5. The van der Waals surface area contributed by atoms with Gasteiger partial charge in [-0.2, -0.15) is 18.4 Å². The first kappa shape index (κ1) is 28.1. The number of fused-ring (bicyclic) bond motifs is 1. The van der Waals surface area contributed by atoms with Crippen molar-refractivity contribution in [2.45, 2.75) is 62.5 Å². The van der Waals surface area contributed by atoms with Crippen molar-refractivity contribution in [3.63, 3.8) is 0 Å². The van der Waals surface area contributed by atoms with Crippen LogP contribution in [0.1, 0.15) is 32.6 Å². The van der Waals surface area contributed by atoms with Gasteiger partial charge in [0, 0.05) is 25.6 Å². The Hall–Kier alpha value is -3.96. The number of nitrogens with one attached hydrogen (secondary N) is 2. The van der Waals surface area contributed by atoms with Gasteiger partial charge in [-0.3, -0.25) is 19.2 Å². The predicted molar refractivity (Wildman–Crippen MR) is 122 cm³/mol. The number of carbonyl (C=O) groups excluding carboxylic acids is 4. The van der Waals surface area contributed by atoms with Gasteiger partial charge in [0.15, 0.2) is 11.6 Å². The number of carbonyl (C=O) groups is 4. The van der Waals surface area contributed by atoms with E-state index in [2.05, 4.69) is 5.32 Å². The lowest BCUT2D eigenvalue weighted by Gasteiger charge is -2.36. The van der Waals surface area contributed by atoms with Crippen LogP contribution in [0.25, 0.3) is 0 Å². The minimum Gasteiger partial charge on any atom is -0.473 e. The van der Waals surface area contributed by atoms with Gasteiger partial charge in [0.1, 0.15) is 29.6 Å². The summed E-state index contributed by atoms with van der Waals surface area (Å²) in [7, 11) is 1.20. The van der Waals surface area contributed by atoms with Gasteiger partial charge in [-0.25, -0.2) is 8.78 Å². The van der Waals surface area contributed by atoms with E-state index in [1.54, 1.807) is 5.32 Å². The molecule has 0 bridgehead atoms. The molecule has 2 fully saturated rings. The van der Waals surface area contributed by atoms with E-state index in [1.807, 2.05) is 6.07 Å². The van der Waals surface area contributed by atoms with Crippen molar-refractivity contribution in [3.05, 3.63) is 23.8 Å². The third-order valence-electron chi connectivity index (χ3n) is 7.06. The number of halogens is 5. The van der Waals surface area contributed by atoms with E-state index in [0.29, 0.717) is 6.07 Å². The standard InChI is InChI=1S/C24H24F5N5O5/c1-11(31-22(38)24(27,28)29)19(35)33(2)16(5-12-3-4-12)20(36)34-10-23(8-14(34)9-30)21(37)32-18-15(26)6-13(25)7-17(18)39-23/h6-7,11-12,14,16H,3-5,8,10H2,1-2H3,(H,31,38)(H,32,37)/t11?,14-,16?,23+/m0/s1. The number of benzene rings is 1. The highest BCUT2D eigenvalue weighted by Gasteiger charge is 2.57. The van der Waals surface area contributed by atoms with Crippen LogP contribution < -0.4 is 15.4 Å². The monoisotopic (exact) mass is 557 g/mol. The second-order valence-corrected chi connectivity index (χ2v) is 9.96. The number of nitriles is 1. The molecule has 4 atom stereocenters. The number of ether oxygens (including phenoxy) is 1. The minimum atomic E-state index is -5.22. The zero-order valence-corrected chi connectivity index (χ0v) is 20.8. The summed E-state index contributed by atoms with van der Waals surface area (Å²) in [5.41, 5.74) is -2.25. The topological polar surface area (TPSA) is 132 Å². The number of rotatable bonds is 6. The average Bonchev–Trinajstić information content (AvgIpc) is 3.60. The van der Waals surface area contributed by atoms with Gasteiger partial charge in [-0.15, -0.1) is 0 Å². The number of amides is 4. The molecule has 4 amide bonds. The van der Waals surface area contributed by atoms with E-state index in [0.717, 1.165) is 35.6 Å². The first-order valence-electron chi connectivity index (χ1n) is 12.0. The molecule has 1 spiro atoms. The molecule has 15 heteroatoms. The molecule has 4 rings (SSSR count). The highest BCUT2D eigenvalue weighted by Crippen LogP contribution is 2.42. The largest absolute Gasteiger partial charge is 0.473 e. The molecule has 2 N–H and O–H groups in total. The summed E-state index contributed by atoms with van der Waals surface area (Å²) in [5, 5.41) is 13.6. The fourth-order valence-electron chi connectivity index (χ4n) is 4.78. The molecule has 2 unspecified atom stereocenters. The van der Waals surface area contributed by atoms with Crippen LogP contribution in [0.3, 0.4) is 0 Å². The second-order valence-electron chi connectivity index (χ2n) is 9.96. The smallest absolute Gasteiger partial charge is 0.471 e. The minimum absolute atomic E-state index is 0.0402. The number of nitrogens with zero attached hydrogens (tertiary/aromatic N) is 3. The lowest BCUT2D eigenvalue weighted by atomic mass is 9.97. The molecule has 1 aromatic carbocycles. The van der Waals surface area contributed by atoms with Crippen molar-refractivity contribution >= 4 is 29.3 Å². The zero-order chi connectivity index (χ0) is 28.9. The zero-order valence-electron chi connectivity index (χ0n) is 20.8. The summed E-state index contributed by atoms with van der Waals surface area (Å²) in [6.07, 6.45) is -3.93. The number of likely N-dealkylation sites (N-methyl/N-ethyl adjacent to an activating group) is 1. The molecule has 2 aliphatic heterocycles. The molecule has 1 aliphatic carbocycles. The number of hydrogen-bond acceptors (Lipinski definition) is 6. The Kier molecular flexibility index (Phi) is 7.18. The molecule has 1 saturated carbocycles. The SMILES string of the molecule is CC(NC(=O)C(F)(F)F)C(=O)N(C)C(CC1CC1)C(=O)N1C[C@@]2(C[C@H]1C#N)Oc1cc(F)cc(F)c1NC2=O. The fraction of sp³-hybridized carbons (Fsp3) is 0.542. The molecule has 3 aliphatic rings. The normalized spacial score (nSPS) is 23.7. The number of anilines is 1. The van der Waals surface area contributed by atoms with Gasteiger partial charge in [0.05, 0.1) is 12.6 Å². The molecule has 0 radical (unpaired) electrons. The van der Waals surface area contributed by atoms with Crippen LogP contribution in [0, 0.1) is 28.9 Å². The molecule has 210 valence electrons. The van der Waals surface area contributed by atoms with E-state index < -0.39 is 77.4 Å².